The summed E-state index contributed by atoms with van der Waals surface area (Å²) in [5.74, 6) is -0.262. The molecule has 0 unspecified atom stereocenters. The van der Waals surface area contributed by atoms with Crippen LogP contribution in [0.1, 0.15) is 16.2 Å². The Hall–Kier alpha value is -2.73. The minimum Gasteiger partial charge on any atom is -0.340 e. The first kappa shape index (κ1) is 14.2. The standard InChI is InChI=1S/C16H13N3O2S/c20-15(17-10-13-8-4-5-9-19(13)21)14-11-22-16(18-14)12-6-2-1-3-7-12/h1-9,11H,10H2,(H-,17,20,21)/p+1. The molecular formula is C16H14N3O2S+. The molecule has 1 amide bonds. The van der Waals surface area contributed by atoms with Gasteiger partial charge < -0.3 is 5.32 Å². The summed E-state index contributed by atoms with van der Waals surface area (Å²) in [4.78, 5) is 16.5. The molecule has 0 saturated carbocycles. The molecule has 1 aromatic carbocycles. The number of hydrogen-bond acceptors (Lipinski definition) is 4. The topological polar surface area (TPSA) is 66.1 Å². The van der Waals surface area contributed by atoms with E-state index in [2.05, 4.69) is 10.3 Å². The van der Waals surface area contributed by atoms with E-state index in [-0.39, 0.29) is 12.5 Å². The fraction of sp³-hybridized carbons (Fsp3) is 0.0625. The van der Waals surface area contributed by atoms with Crippen molar-refractivity contribution in [3.63, 3.8) is 0 Å². The van der Waals surface area contributed by atoms with Crippen molar-refractivity contribution in [2.45, 2.75) is 6.54 Å². The van der Waals surface area contributed by atoms with Gasteiger partial charge in [-0.1, -0.05) is 30.3 Å². The summed E-state index contributed by atoms with van der Waals surface area (Å²) < 4.78 is 0.983. The van der Waals surface area contributed by atoms with Crippen LogP contribution >= 0.6 is 11.3 Å². The average Bonchev–Trinajstić information content (AvgIpc) is 3.05. The molecule has 22 heavy (non-hydrogen) atoms. The van der Waals surface area contributed by atoms with Crippen molar-refractivity contribution in [1.82, 2.24) is 10.3 Å². The third-order valence-electron chi connectivity index (χ3n) is 3.11. The Morgan fingerprint density at radius 3 is 2.73 bits per heavy atom. The molecule has 2 aromatic heterocycles. The zero-order valence-corrected chi connectivity index (χ0v) is 12.5. The third kappa shape index (κ3) is 3.12. The van der Waals surface area contributed by atoms with Gasteiger partial charge in [-0.25, -0.2) is 4.98 Å². The second-order valence-corrected chi connectivity index (χ2v) is 5.48. The zero-order valence-electron chi connectivity index (χ0n) is 11.6. The number of benzene rings is 1. The highest BCUT2D eigenvalue weighted by atomic mass is 32.1. The van der Waals surface area contributed by atoms with Crippen molar-refractivity contribution in [1.29, 1.82) is 0 Å². The number of thiazole rings is 1. The SMILES string of the molecule is O=C(NCc1cccc[n+]1O)c1csc(-c2ccccc2)n1. The number of hydrogen-bond donors (Lipinski definition) is 2. The van der Waals surface area contributed by atoms with Crippen LogP contribution in [-0.4, -0.2) is 16.1 Å². The minimum absolute atomic E-state index is 0.231. The Kier molecular flexibility index (Phi) is 4.11. The van der Waals surface area contributed by atoms with Gasteiger partial charge in [0.15, 0.2) is 0 Å². The lowest BCUT2D eigenvalue weighted by Crippen LogP contribution is -2.38. The Morgan fingerprint density at radius 1 is 1.18 bits per heavy atom. The van der Waals surface area contributed by atoms with E-state index in [1.54, 1.807) is 23.6 Å². The minimum atomic E-state index is -0.262. The van der Waals surface area contributed by atoms with Crippen LogP contribution in [0.2, 0.25) is 0 Å². The Morgan fingerprint density at radius 2 is 1.95 bits per heavy atom. The molecule has 0 radical (unpaired) electrons. The number of aromatic nitrogens is 2. The predicted molar refractivity (Wildman–Crippen MR) is 82.5 cm³/mol. The molecule has 0 aliphatic heterocycles. The van der Waals surface area contributed by atoms with Gasteiger partial charge in [0, 0.05) is 27.8 Å². The summed E-state index contributed by atoms with van der Waals surface area (Å²) in [6.07, 6.45) is 1.51. The van der Waals surface area contributed by atoms with Gasteiger partial charge in [0.05, 0.1) is 0 Å². The predicted octanol–water partition coefficient (Wildman–Crippen LogP) is 2.26. The summed E-state index contributed by atoms with van der Waals surface area (Å²) in [7, 11) is 0. The van der Waals surface area contributed by atoms with Crippen molar-refractivity contribution in [3.05, 3.63) is 71.5 Å². The fourth-order valence-corrected chi connectivity index (χ4v) is 2.77. The van der Waals surface area contributed by atoms with Crippen LogP contribution in [0.3, 0.4) is 0 Å². The Balaban J connectivity index is 1.69. The number of carbonyl (C=O) groups is 1. The first-order chi connectivity index (χ1) is 10.7. The largest absolute Gasteiger partial charge is 0.340 e. The molecule has 0 aliphatic carbocycles. The lowest BCUT2D eigenvalue weighted by atomic mass is 10.2. The normalized spacial score (nSPS) is 10.4. The summed E-state index contributed by atoms with van der Waals surface area (Å²) in [6.45, 7) is 0.231. The summed E-state index contributed by atoms with van der Waals surface area (Å²) in [5, 5.41) is 14.9. The van der Waals surface area contributed by atoms with Crippen molar-refractivity contribution in [2.24, 2.45) is 0 Å². The highest BCUT2D eigenvalue weighted by Gasteiger charge is 2.14. The lowest BCUT2D eigenvalue weighted by molar-refractivity contribution is -0.909. The smallest absolute Gasteiger partial charge is 0.271 e. The van der Waals surface area contributed by atoms with Crippen LogP contribution in [0.25, 0.3) is 10.6 Å². The van der Waals surface area contributed by atoms with Gasteiger partial charge in [-0.15, -0.1) is 11.3 Å². The van der Waals surface area contributed by atoms with Crippen LogP contribution in [0.5, 0.6) is 0 Å². The molecule has 3 rings (SSSR count). The number of amides is 1. The van der Waals surface area contributed by atoms with E-state index < -0.39 is 0 Å². The van der Waals surface area contributed by atoms with E-state index in [0.717, 1.165) is 15.3 Å². The van der Waals surface area contributed by atoms with Gasteiger partial charge >= 0.3 is 0 Å². The maximum Gasteiger partial charge on any atom is 0.271 e. The number of carbonyl (C=O) groups excluding carboxylic acids is 1. The van der Waals surface area contributed by atoms with Crippen LogP contribution in [0.4, 0.5) is 0 Å². The van der Waals surface area contributed by atoms with Gasteiger partial charge in [-0.2, -0.15) is 0 Å². The van der Waals surface area contributed by atoms with E-state index in [9.17, 15) is 10.0 Å². The van der Waals surface area contributed by atoms with Crippen LogP contribution in [0.15, 0.2) is 60.1 Å². The number of nitrogens with zero attached hydrogens (tertiary/aromatic N) is 2. The maximum atomic E-state index is 12.1. The first-order valence-corrected chi connectivity index (χ1v) is 7.60. The van der Waals surface area contributed by atoms with Gasteiger partial charge in [0.2, 0.25) is 6.20 Å². The molecule has 2 N–H and O–H groups in total. The highest BCUT2D eigenvalue weighted by Crippen LogP contribution is 2.23. The van der Waals surface area contributed by atoms with Crippen LogP contribution in [0, 0.1) is 0 Å². The second kappa shape index (κ2) is 6.36. The van der Waals surface area contributed by atoms with Crippen molar-refractivity contribution >= 4 is 17.2 Å². The van der Waals surface area contributed by atoms with Crippen molar-refractivity contribution < 1.29 is 14.7 Å². The molecule has 3 aromatic rings. The molecular weight excluding hydrogens is 298 g/mol. The fourth-order valence-electron chi connectivity index (χ4n) is 1.96. The van der Waals surface area contributed by atoms with E-state index >= 15 is 0 Å². The monoisotopic (exact) mass is 312 g/mol. The molecule has 2 heterocycles. The van der Waals surface area contributed by atoms with Gasteiger partial charge in [0.1, 0.15) is 17.2 Å². The summed E-state index contributed by atoms with van der Waals surface area (Å²) in [5.41, 5.74) is 1.96. The zero-order chi connectivity index (χ0) is 15.4. The Labute approximate surface area is 131 Å². The Bertz CT molecular complexity index is 787. The van der Waals surface area contributed by atoms with Gasteiger partial charge in [0.25, 0.3) is 11.6 Å². The van der Waals surface area contributed by atoms with E-state index in [0.29, 0.717) is 11.4 Å². The lowest BCUT2D eigenvalue weighted by Gasteiger charge is -2.00. The van der Waals surface area contributed by atoms with E-state index in [1.807, 2.05) is 30.3 Å². The molecule has 0 fully saturated rings. The van der Waals surface area contributed by atoms with Crippen LogP contribution in [-0.2, 0) is 6.54 Å². The number of rotatable bonds is 4. The molecule has 0 saturated heterocycles. The second-order valence-electron chi connectivity index (χ2n) is 4.62. The third-order valence-corrected chi connectivity index (χ3v) is 4.00. The summed E-state index contributed by atoms with van der Waals surface area (Å²) >= 11 is 1.43. The number of pyridine rings is 1. The molecule has 0 spiro atoms. The van der Waals surface area contributed by atoms with Crippen LogP contribution < -0.4 is 10.0 Å². The van der Waals surface area contributed by atoms with Gasteiger partial charge in [-0.3, -0.25) is 10.0 Å². The first-order valence-electron chi connectivity index (χ1n) is 6.72. The molecule has 0 aliphatic rings. The van der Waals surface area contributed by atoms with Gasteiger partial charge in [-0.05, 0) is 6.07 Å². The quantitative estimate of drug-likeness (QED) is 0.574. The van der Waals surface area contributed by atoms with E-state index in [4.69, 9.17) is 0 Å². The molecule has 5 nitrogen and oxygen atoms in total. The molecule has 6 heteroatoms. The maximum absolute atomic E-state index is 12.1. The molecule has 0 bridgehead atoms. The molecule has 0 atom stereocenters. The van der Waals surface area contributed by atoms with Crippen molar-refractivity contribution in [2.75, 3.05) is 0 Å². The van der Waals surface area contributed by atoms with Crippen molar-refractivity contribution in [3.8, 4) is 10.6 Å². The number of nitrogens with one attached hydrogen (secondary N) is 1. The highest BCUT2D eigenvalue weighted by molar-refractivity contribution is 7.13. The summed E-state index contributed by atoms with van der Waals surface area (Å²) in [6, 6.07) is 15.0. The van der Waals surface area contributed by atoms with E-state index in [1.165, 1.54) is 17.5 Å². The average molecular weight is 312 g/mol. The molecule has 110 valence electrons.